The van der Waals surface area contributed by atoms with Gasteiger partial charge in [0.2, 0.25) is 0 Å². The second kappa shape index (κ2) is 7.24. The van der Waals surface area contributed by atoms with Crippen LogP contribution in [-0.2, 0) is 4.79 Å². The van der Waals surface area contributed by atoms with Crippen LogP contribution in [0.4, 0.5) is 0 Å². The highest BCUT2D eigenvalue weighted by atomic mass is 35.5. The zero-order valence-corrected chi connectivity index (χ0v) is 11.4. The molecular weight excluding hydrogens is 254 g/mol. The SMILES string of the molecule is CCN(CCO)C(=O)COc1ccc(Cl)cc1C. The lowest BCUT2D eigenvalue weighted by atomic mass is 10.2. The fourth-order valence-electron chi connectivity index (χ4n) is 1.59. The van der Waals surface area contributed by atoms with Gasteiger partial charge in [0.25, 0.3) is 5.91 Å². The number of amides is 1. The molecule has 0 saturated carbocycles. The zero-order chi connectivity index (χ0) is 13.5. The molecule has 0 bridgehead atoms. The molecule has 0 saturated heterocycles. The van der Waals surface area contributed by atoms with Crippen molar-refractivity contribution in [3.8, 4) is 5.75 Å². The predicted octanol–water partition coefficient (Wildman–Crippen LogP) is 1.87. The van der Waals surface area contributed by atoms with E-state index in [1.165, 1.54) is 0 Å². The number of benzene rings is 1. The molecule has 0 fully saturated rings. The molecule has 0 aromatic heterocycles. The molecule has 0 aliphatic heterocycles. The number of aliphatic hydroxyl groups excluding tert-OH is 1. The molecule has 0 aliphatic rings. The quantitative estimate of drug-likeness (QED) is 0.859. The molecule has 5 heteroatoms. The maximum Gasteiger partial charge on any atom is 0.260 e. The maximum atomic E-state index is 11.8. The van der Waals surface area contributed by atoms with E-state index in [4.69, 9.17) is 21.4 Å². The normalized spacial score (nSPS) is 10.2. The molecule has 18 heavy (non-hydrogen) atoms. The Morgan fingerprint density at radius 2 is 2.22 bits per heavy atom. The number of likely N-dealkylation sites (N-methyl/N-ethyl adjacent to an activating group) is 1. The molecule has 0 atom stereocenters. The predicted molar refractivity (Wildman–Crippen MR) is 71.0 cm³/mol. The van der Waals surface area contributed by atoms with Crippen molar-refractivity contribution >= 4 is 17.5 Å². The first-order valence-electron chi connectivity index (χ1n) is 5.86. The van der Waals surface area contributed by atoms with Crippen molar-refractivity contribution in [3.63, 3.8) is 0 Å². The Labute approximate surface area is 112 Å². The van der Waals surface area contributed by atoms with Gasteiger partial charge in [-0.2, -0.15) is 0 Å². The number of halogens is 1. The number of carbonyl (C=O) groups is 1. The van der Waals surface area contributed by atoms with Crippen LogP contribution >= 0.6 is 11.6 Å². The Balaban J connectivity index is 2.56. The van der Waals surface area contributed by atoms with Crippen LogP contribution in [0.2, 0.25) is 5.02 Å². The van der Waals surface area contributed by atoms with E-state index >= 15 is 0 Å². The van der Waals surface area contributed by atoms with Crippen molar-refractivity contribution in [2.45, 2.75) is 13.8 Å². The lowest BCUT2D eigenvalue weighted by molar-refractivity contribution is -0.133. The van der Waals surface area contributed by atoms with Crippen LogP contribution in [0.5, 0.6) is 5.75 Å². The third-order valence-corrected chi connectivity index (χ3v) is 2.83. The summed E-state index contributed by atoms with van der Waals surface area (Å²) >= 11 is 5.84. The molecule has 0 spiro atoms. The van der Waals surface area contributed by atoms with Gasteiger partial charge in [0.15, 0.2) is 6.61 Å². The van der Waals surface area contributed by atoms with Crippen LogP contribution in [0.3, 0.4) is 0 Å². The monoisotopic (exact) mass is 271 g/mol. The molecule has 1 rings (SSSR count). The third kappa shape index (κ3) is 4.20. The number of aliphatic hydroxyl groups is 1. The van der Waals surface area contributed by atoms with E-state index in [0.717, 1.165) is 5.56 Å². The average Bonchev–Trinajstić information content (AvgIpc) is 2.34. The minimum atomic E-state index is -0.138. The maximum absolute atomic E-state index is 11.8. The number of nitrogens with zero attached hydrogens (tertiary/aromatic N) is 1. The third-order valence-electron chi connectivity index (χ3n) is 2.59. The molecule has 1 aromatic carbocycles. The Kier molecular flexibility index (Phi) is 5.95. The van der Waals surface area contributed by atoms with Gasteiger partial charge >= 0.3 is 0 Å². The van der Waals surface area contributed by atoms with Gasteiger partial charge in [0.05, 0.1) is 6.61 Å². The summed E-state index contributed by atoms with van der Waals surface area (Å²) in [5, 5.41) is 9.47. The van der Waals surface area contributed by atoms with Crippen molar-refractivity contribution in [1.29, 1.82) is 0 Å². The standard InChI is InChI=1S/C13H18ClNO3/c1-3-15(6-7-16)13(17)9-18-12-5-4-11(14)8-10(12)2/h4-5,8,16H,3,6-7,9H2,1-2H3. The van der Waals surface area contributed by atoms with E-state index < -0.39 is 0 Å². The first-order chi connectivity index (χ1) is 8.58. The minimum absolute atomic E-state index is 0.0314. The van der Waals surface area contributed by atoms with E-state index in [1.807, 2.05) is 13.8 Å². The van der Waals surface area contributed by atoms with Gasteiger partial charge in [-0.25, -0.2) is 0 Å². The topological polar surface area (TPSA) is 49.8 Å². The molecule has 0 unspecified atom stereocenters. The average molecular weight is 272 g/mol. The number of aryl methyl sites for hydroxylation is 1. The van der Waals surface area contributed by atoms with E-state index in [2.05, 4.69) is 0 Å². The summed E-state index contributed by atoms with van der Waals surface area (Å²) in [4.78, 5) is 13.3. The van der Waals surface area contributed by atoms with Crippen molar-refractivity contribution in [3.05, 3.63) is 28.8 Å². The second-order valence-electron chi connectivity index (χ2n) is 3.90. The lowest BCUT2D eigenvalue weighted by Crippen LogP contribution is -2.36. The van der Waals surface area contributed by atoms with Gasteiger partial charge in [-0.05, 0) is 37.6 Å². The van der Waals surface area contributed by atoms with Gasteiger partial charge in [0, 0.05) is 18.1 Å². The van der Waals surface area contributed by atoms with Crippen LogP contribution in [0.1, 0.15) is 12.5 Å². The Bertz CT molecular complexity index is 409. The number of rotatable bonds is 6. The number of carbonyl (C=O) groups excluding carboxylic acids is 1. The van der Waals surface area contributed by atoms with E-state index in [9.17, 15) is 4.79 Å². The van der Waals surface area contributed by atoms with E-state index in [1.54, 1.807) is 23.1 Å². The number of ether oxygens (including phenoxy) is 1. The lowest BCUT2D eigenvalue weighted by Gasteiger charge is -2.20. The summed E-state index contributed by atoms with van der Waals surface area (Å²) < 4.78 is 5.45. The summed E-state index contributed by atoms with van der Waals surface area (Å²) in [6.45, 7) is 4.55. The second-order valence-corrected chi connectivity index (χ2v) is 4.33. The molecule has 0 radical (unpaired) electrons. The Morgan fingerprint density at radius 3 is 2.78 bits per heavy atom. The van der Waals surface area contributed by atoms with Crippen LogP contribution in [0.15, 0.2) is 18.2 Å². The Morgan fingerprint density at radius 1 is 1.50 bits per heavy atom. The van der Waals surface area contributed by atoms with Gasteiger partial charge in [-0.1, -0.05) is 11.6 Å². The zero-order valence-electron chi connectivity index (χ0n) is 10.6. The summed E-state index contributed by atoms with van der Waals surface area (Å²) in [6.07, 6.45) is 0. The highest BCUT2D eigenvalue weighted by molar-refractivity contribution is 6.30. The molecular formula is C13H18ClNO3. The molecule has 1 aromatic rings. The minimum Gasteiger partial charge on any atom is -0.483 e. The fourth-order valence-corrected chi connectivity index (χ4v) is 1.81. The first kappa shape index (κ1) is 14.8. The molecule has 100 valence electrons. The molecule has 0 heterocycles. The van der Waals surface area contributed by atoms with Crippen molar-refractivity contribution in [1.82, 2.24) is 4.90 Å². The van der Waals surface area contributed by atoms with Crippen LogP contribution in [0.25, 0.3) is 0 Å². The van der Waals surface area contributed by atoms with E-state index in [0.29, 0.717) is 23.9 Å². The molecule has 1 N–H and O–H groups in total. The van der Waals surface area contributed by atoms with Crippen molar-refractivity contribution in [2.24, 2.45) is 0 Å². The van der Waals surface area contributed by atoms with E-state index in [-0.39, 0.29) is 19.1 Å². The van der Waals surface area contributed by atoms with Gasteiger partial charge in [-0.3, -0.25) is 4.79 Å². The van der Waals surface area contributed by atoms with Crippen molar-refractivity contribution < 1.29 is 14.6 Å². The summed E-state index contributed by atoms with van der Waals surface area (Å²) in [7, 11) is 0. The smallest absolute Gasteiger partial charge is 0.260 e. The van der Waals surface area contributed by atoms with Crippen molar-refractivity contribution in [2.75, 3.05) is 26.3 Å². The first-order valence-corrected chi connectivity index (χ1v) is 6.23. The summed E-state index contributed by atoms with van der Waals surface area (Å²) in [6, 6.07) is 5.25. The molecule has 1 amide bonds. The molecule has 4 nitrogen and oxygen atoms in total. The van der Waals surface area contributed by atoms with Crippen LogP contribution in [-0.4, -0.2) is 42.2 Å². The van der Waals surface area contributed by atoms with Gasteiger partial charge < -0.3 is 14.7 Å². The highest BCUT2D eigenvalue weighted by Crippen LogP contribution is 2.21. The number of hydrogen-bond acceptors (Lipinski definition) is 3. The van der Waals surface area contributed by atoms with Gasteiger partial charge in [0.1, 0.15) is 5.75 Å². The summed E-state index contributed by atoms with van der Waals surface area (Å²) in [5.41, 5.74) is 0.889. The Hall–Kier alpha value is -1.26. The molecule has 0 aliphatic carbocycles. The summed E-state index contributed by atoms with van der Waals surface area (Å²) in [5.74, 6) is 0.508. The highest BCUT2D eigenvalue weighted by Gasteiger charge is 2.12. The van der Waals surface area contributed by atoms with Gasteiger partial charge in [-0.15, -0.1) is 0 Å². The van der Waals surface area contributed by atoms with Crippen LogP contribution in [0, 0.1) is 6.92 Å². The largest absolute Gasteiger partial charge is 0.483 e. The van der Waals surface area contributed by atoms with Crippen LogP contribution < -0.4 is 4.74 Å². The number of hydrogen-bond donors (Lipinski definition) is 1. The fraction of sp³-hybridized carbons (Fsp3) is 0.462.